The van der Waals surface area contributed by atoms with Crippen LogP contribution in [0.1, 0.15) is 37.8 Å². The molecule has 26 heavy (non-hydrogen) atoms. The molecular weight excluding hydrogens is 418 g/mol. The molecule has 1 fully saturated rings. The number of alkyl halides is 1. The predicted octanol–water partition coefficient (Wildman–Crippen LogP) is 4.11. The topological polar surface area (TPSA) is 55.8 Å². The normalized spacial score (nSPS) is 16.3. The van der Waals surface area contributed by atoms with Crippen molar-refractivity contribution in [1.29, 1.82) is 0 Å². The Morgan fingerprint density at radius 1 is 1.35 bits per heavy atom. The third-order valence-corrected chi connectivity index (χ3v) is 6.63. The maximum Gasteiger partial charge on any atom is 0.216 e. The molecule has 1 aliphatic carbocycles. The first-order valence-electron chi connectivity index (χ1n) is 8.90. The Labute approximate surface area is 165 Å². The first-order valence-corrected chi connectivity index (χ1v) is 11.6. The third kappa shape index (κ3) is 6.68. The maximum atomic E-state index is 12.8. The van der Waals surface area contributed by atoms with Gasteiger partial charge in [-0.25, -0.2) is 8.42 Å². The van der Waals surface area contributed by atoms with Crippen molar-refractivity contribution in [2.24, 2.45) is 5.92 Å². The van der Waals surface area contributed by atoms with Crippen molar-refractivity contribution in [2.75, 3.05) is 31.5 Å². The minimum absolute atomic E-state index is 0.0266. The highest BCUT2D eigenvalue weighted by atomic mass is 79.9. The smallest absolute Gasteiger partial charge is 0.216 e. The number of halogens is 1. The Morgan fingerprint density at radius 2 is 2.12 bits per heavy atom. The van der Waals surface area contributed by atoms with Crippen molar-refractivity contribution in [1.82, 2.24) is 4.31 Å². The second kappa shape index (κ2) is 10.4. The van der Waals surface area contributed by atoms with Crippen LogP contribution in [0.3, 0.4) is 0 Å². The van der Waals surface area contributed by atoms with Crippen LogP contribution in [-0.4, -0.2) is 44.3 Å². The van der Waals surface area contributed by atoms with Gasteiger partial charge in [0.1, 0.15) is 12.5 Å². The summed E-state index contributed by atoms with van der Waals surface area (Å²) in [6.07, 6.45) is 6.72. The zero-order chi connectivity index (χ0) is 19.0. The maximum absolute atomic E-state index is 12.8. The summed E-state index contributed by atoms with van der Waals surface area (Å²) in [5.74, 6) is 1.52. The van der Waals surface area contributed by atoms with Gasteiger partial charge < -0.3 is 9.47 Å². The average molecular weight is 446 g/mol. The van der Waals surface area contributed by atoms with Crippen molar-refractivity contribution in [3.8, 4) is 5.75 Å². The highest BCUT2D eigenvalue weighted by Crippen LogP contribution is 2.31. The van der Waals surface area contributed by atoms with Crippen LogP contribution >= 0.6 is 15.9 Å². The van der Waals surface area contributed by atoms with Crippen molar-refractivity contribution < 1.29 is 17.9 Å². The Kier molecular flexibility index (Phi) is 8.60. The van der Waals surface area contributed by atoms with Crippen molar-refractivity contribution in [3.05, 3.63) is 42.0 Å². The van der Waals surface area contributed by atoms with Crippen LogP contribution in [0.15, 0.2) is 36.4 Å². The second-order valence-electron chi connectivity index (χ2n) is 6.54. The third-order valence-electron chi connectivity index (χ3n) is 4.37. The largest absolute Gasteiger partial charge is 0.493 e. The summed E-state index contributed by atoms with van der Waals surface area (Å²) < 4.78 is 38.0. The van der Waals surface area contributed by atoms with E-state index in [2.05, 4.69) is 15.9 Å². The molecule has 0 aromatic heterocycles. The first-order chi connectivity index (χ1) is 12.5. The molecule has 0 bridgehead atoms. The van der Waals surface area contributed by atoms with Crippen LogP contribution in [0, 0.1) is 5.92 Å². The lowest BCUT2D eigenvalue weighted by Gasteiger charge is -2.28. The molecule has 0 radical (unpaired) electrons. The van der Waals surface area contributed by atoms with E-state index in [0.717, 1.165) is 23.2 Å². The highest BCUT2D eigenvalue weighted by Gasteiger charge is 2.28. The van der Waals surface area contributed by atoms with Gasteiger partial charge in [0.05, 0.1) is 12.4 Å². The molecular formula is C19H28BrNO4S. The number of hydrogen-bond donors (Lipinski definition) is 0. The fourth-order valence-electron chi connectivity index (χ4n) is 2.60. The Balaban J connectivity index is 2.09. The molecule has 7 heteroatoms. The molecule has 0 amide bonds. The molecule has 0 heterocycles. The number of sulfonamides is 1. The fourth-order valence-corrected chi connectivity index (χ4v) is 4.41. The van der Waals surface area contributed by atoms with Gasteiger partial charge in [0.15, 0.2) is 0 Å². The molecule has 1 aromatic rings. The van der Waals surface area contributed by atoms with Gasteiger partial charge in [0, 0.05) is 18.5 Å². The first kappa shape index (κ1) is 21.4. The minimum Gasteiger partial charge on any atom is -0.493 e. The summed E-state index contributed by atoms with van der Waals surface area (Å²) in [7, 11) is -1.93. The van der Waals surface area contributed by atoms with Crippen molar-refractivity contribution >= 4 is 26.0 Å². The Bertz CT molecular complexity index is 689. The van der Waals surface area contributed by atoms with E-state index in [0.29, 0.717) is 12.3 Å². The molecule has 1 atom stereocenters. The van der Waals surface area contributed by atoms with E-state index in [1.165, 1.54) is 24.3 Å². The molecule has 0 aliphatic heterocycles. The predicted molar refractivity (Wildman–Crippen MR) is 108 cm³/mol. The summed E-state index contributed by atoms with van der Waals surface area (Å²) in [6.45, 7) is 2.64. The highest BCUT2D eigenvalue weighted by molar-refractivity contribution is 9.09. The number of hydrogen-bond acceptors (Lipinski definition) is 4. The number of ether oxygens (including phenoxy) is 2. The zero-order valence-electron chi connectivity index (χ0n) is 15.4. The number of rotatable bonds is 12. The number of allylic oxidation sites excluding steroid dienone is 2. The number of methoxy groups -OCH3 is 1. The molecule has 0 unspecified atom stereocenters. The summed E-state index contributed by atoms with van der Waals surface area (Å²) in [4.78, 5) is 0. The van der Waals surface area contributed by atoms with E-state index >= 15 is 0 Å². The molecule has 1 saturated carbocycles. The van der Waals surface area contributed by atoms with Gasteiger partial charge in [0.25, 0.3) is 0 Å². The Morgan fingerprint density at radius 3 is 2.77 bits per heavy atom. The van der Waals surface area contributed by atoms with Crippen LogP contribution in [0.2, 0.25) is 0 Å². The van der Waals surface area contributed by atoms with Crippen LogP contribution < -0.4 is 4.74 Å². The van der Waals surface area contributed by atoms with Crippen molar-refractivity contribution in [2.45, 2.75) is 32.2 Å². The SMILES string of the molecule is COCN([C@H](C)c1cccc(OCC2CC2)c1)S(=O)(=O)CC/C=C/CBr. The van der Waals surface area contributed by atoms with E-state index in [1.54, 1.807) is 0 Å². The summed E-state index contributed by atoms with van der Waals surface area (Å²) in [6, 6.07) is 7.35. The lowest BCUT2D eigenvalue weighted by atomic mass is 10.1. The van der Waals surface area contributed by atoms with Crippen LogP contribution in [0.25, 0.3) is 0 Å². The van der Waals surface area contributed by atoms with Gasteiger partial charge in [-0.3, -0.25) is 0 Å². The summed E-state index contributed by atoms with van der Waals surface area (Å²) >= 11 is 3.29. The van der Waals surface area contributed by atoms with E-state index in [9.17, 15) is 8.42 Å². The molecule has 5 nitrogen and oxygen atoms in total. The molecule has 0 N–H and O–H groups in total. The fraction of sp³-hybridized carbons (Fsp3) is 0.579. The van der Waals surface area contributed by atoms with E-state index < -0.39 is 10.0 Å². The number of nitrogens with zero attached hydrogens (tertiary/aromatic N) is 1. The molecule has 2 rings (SSSR count). The van der Waals surface area contributed by atoms with E-state index in [-0.39, 0.29) is 18.5 Å². The number of benzene rings is 1. The summed E-state index contributed by atoms with van der Waals surface area (Å²) in [5, 5.41) is 0.721. The lowest BCUT2D eigenvalue weighted by Crippen LogP contribution is -2.36. The second-order valence-corrected chi connectivity index (χ2v) is 9.23. The molecule has 1 aliphatic rings. The molecule has 0 spiro atoms. The van der Waals surface area contributed by atoms with Gasteiger partial charge in [-0.2, -0.15) is 4.31 Å². The van der Waals surface area contributed by atoms with Crippen LogP contribution in [-0.2, 0) is 14.8 Å². The van der Waals surface area contributed by atoms with E-state index in [1.807, 2.05) is 43.3 Å². The monoisotopic (exact) mass is 445 g/mol. The molecule has 1 aromatic carbocycles. The van der Waals surface area contributed by atoms with Gasteiger partial charge in [-0.05, 0) is 49.8 Å². The lowest BCUT2D eigenvalue weighted by molar-refractivity contribution is 0.0974. The van der Waals surface area contributed by atoms with Crippen molar-refractivity contribution in [3.63, 3.8) is 0 Å². The summed E-state index contributed by atoms with van der Waals surface area (Å²) in [5.41, 5.74) is 0.898. The average Bonchev–Trinajstić information content (AvgIpc) is 3.45. The minimum atomic E-state index is -3.44. The van der Waals surface area contributed by atoms with Crippen LogP contribution in [0.4, 0.5) is 0 Å². The van der Waals surface area contributed by atoms with Gasteiger partial charge in [0.2, 0.25) is 10.0 Å². The van der Waals surface area contributed by atoms with E-state index in [4.69, 9.17) is 9.47 Å². The standard InChI is InChI=1S/C19H28BrNO4S/c1-16(18-7-6-8-19(13-18)25-14-17-9-10-17)21(15-24-2)26(22,23)12-5-3-4-11-20/h3-4,6-8,13,16-17H,5,9-12,14-15H2,1-2H3/b4-3+/t16-/m1/s1. The quantitative estimate of drug-likeness (QED) is 0.276. The molecule has 0 saturated heterocycles. The van der Waals surface area contributed by atoms with Crippen LogP contribution in [0.5, 0.6) is 5.75 Å². The van der Waals surface area contributed by atoms with Gasteiger partial charge >= 0.3 is 0 Å². The zero-order valence-corrected chi connectivity index (χ0v) is 17.8. The molecule has 146 valence electrons. The van der Waals surface area contributed by atoms with Gasteiger partial charge in [-0.15, -0.1) is 0 Å². The van der Waals surface area contributed by atoms with Gasteiger partial charge in [-0.1, -0.05) is 40.2 Å². The Hall–Kier alpha value is -0.890.